The fourth-order valence-corrected chi connectivity index (χ4v) is 4.01. The van der Waals surface area contributed by atoms with Gasteiger partial charge in [0.1, 0.15) is 11.9 Å². The van der Waals surface area contributed by atoms with Gasteiger partial charge in [-0.25, -0.2) is 4.39 Å². The number of aromatic nitrogens is 1. The van der Waals surface area contributed by atoms with Crippen LogP contribution < -0.4 is 5.32 Å². The van der Waals surface area contributed by atoms with Crippen LogP contribution in [-0.2, 0) is 35.5 Å². The third-order valence-electron chi connectivity index (χ3n) is 5.91. The lowest BCUT2D eigenvalue weighted by Gasteiger charge is -2.31. The Morgan fingerprint density at radius 2 is 1.42 bits per heavy atom. The van der Waals surface area contributed by atoms with Gasteiger partial charge in [-0.3, -0.25) is 14.6 Å². The number of nitrogens with zero attached hydrogens (tertiary/aromatic N) is 2. The number of hydrogen-bond donors (Lipinski definition) is 1. The smallest absolute Gasteiger partial charge is 0.243 e. The summed E-state index contributed by atoms with van der Waals surface area (Å²) in [5.74, 6) is -0.803. The van der Waals surface area contributed by atoms with Gasteiger partial charge in [0.25, 0.3) is 0 Å². The molecular weight excluding hydrogens is 453 g/mol. The average Bonchev–Trinajstić information content (AvgIpc) is 2.92. The van der Waals surface area contributed by atoms with Crippen LogP contribution in [0.2, 0.25) is 0 Å². The summed E-state index contributed by atoms with van der Waals surface area (Å²) in [7, 11) is 0. The minimum atomic E-state index is -0.766. The summed E-state index contributed by atoms with van der Waals surface area (Å²) >= 11 is 0. The molecule has 0 saturated heterocycles. The first-order valence-corrected chi connectivity index (χ1v) is 11.9. The third kappa shape index (κ3) is 7.09. The Morgan fingerprint density at radius 3 is 2.06 bits per heavy atom. The molecule has 1 heterocycles. The van der Waals surface area contributed by atoms with Gasteiger partial charge < -0.3 is 10.2 Å². The highest BCUT2D eigenvalue weighted by atomic mass is 19.1. The van der Waals surface area contributed by atoms with Crippen molar-refractivity contribution in [2.75, 3.05) is 0 Å². The number of rotatable bonds is 10. The summed E-state index contributed by atoms with van der Waals surface area (Å²) < 4.78 is 13.6. The summed E-state index contributed by atoms with van der Waals surface area (Å²) in [6.07, 6.45) is 2.17. The third-order valence-corrected chi connectivity index (χ3v) is 5.91. The second kappa shape index (κ2) is 12.4. The van der Waals surface area contributed by atoms with Gasteiger partial charge in [0.15, 0.2) is 0 Å². The van der Waals surface area contributed by atoms with E-state index >= 15 is 0 Å². The van der Waals surface area contributed by atoms with Crippen molar-refractivity contribution >= 4 is 11.8 Å². The summed E-state index contributed by atoms with van der Waals surface area (Å²) in [4.78, 5) is 33.1. The lowest BCUT2D eigenvalue weighted by molar-refractivity contribution is -0.140. The molecule has 0 unspecified atom stereocenters. The number of benzene rings is 3. The molecule has 0 spiro atoms. The molecule has 1 aromatic heterocycles. The number of hydrogen-bond acceptors (Lipinski definition) is 3. The van der Waals surface area contributed by atoms with E-state index in [1.807, 2.05) is 78.9 Å². The highest BCUT2D eigenvalue weighted by molar-refractivity contribution is 5.88. The first kappa shape index (κ1) is 24.8. The summed E-state index contributed by atoms with van der Waals surface area (Å²) in [6.45, 7) is 0.433. The van der Waals surface area contributed by atoms with Crippen LogP contribution in [-0.4, -0.2) is 27.7 Å². The number of nitrogens with one attached hydrogen (secondary N) is 1. The molecule has 0 fully saturated rings. The van der Waals surface area contributed by atoms with Crippen LogP contribution in [0.5, 0.6) is 0 Å². The van der Waals surface area contributed by atoms with E-state index in [0.29, 0.717) is 6.42 Å². The molecule has 4 aromatic rings. The van der Waals surface area contributed by atoms with Gasteiger partial charge in [-0.1, -0.05) is 78.9 Å². The van der Waals surface area contributed by atoms with E-state index < -0.39 is 6.04 Å². The molecule has 0 aliphatic heterocycles. The standard InChI is InChI=1S/C30H28FN3O2/c31-26-16-14-25(15-17-26)22-34(29(35)20-24-11-5-2-6-12-24)28(19-23-9-3-1-4-10-23)30(36)33-21-27-13-7-8-18-32-27/h1-18,28H,19-22H2,(H,33,36)/t28-/m1/s1. The SMILES string of the molecule is O=C(NCc1ccccn1)[C@@H](Cc1ccccc1)N(Cc1ccc(F)cc1)C(=O)Cc1ccccc1. The van der Waals surface area contributed by atoms with Gasteiger partial charge in [0.05, 0.1) is 18.7 Å². The van der Waals surface area contributed by atoms with Gasteiger partial charge in [0.2, 0.25) is 11.8 Å². The Kier molecular flexibility index (Phi) is 8.54. The molecule has 0 saturated carbocycles. The van der Waals surface area contributed by atoms with Crippen molar-refractivity contribution in [2.45, 2.75) is 32.0 Å². The Morgan fingerprint density at radius 1 is 0.778 bits per heavy atom. The van der Waals surface area contributed by atoms with Crippen LogP contribution in [0, 0.1) is 5.82 Å². The Labute approximate surface area is 210 Å². The van der Waals surface area contributed by atoms with Crippen LogP contribution in [0.4, 0.5) is 4.39 Å². The molecule has 6 heteroatoms. The molecule has 0 aliphatic rings. The monoisotopic (exact) mass is 481 g/mol. The van der Waals surface area contributed by atoms with Crippen molar-refractivity contribution in [1.82, 2.24) is 15.2 Å². The van der Waals surface area contributed by atoms with Crippen LogP contribution in [0.1, 0.15) is 22.4 Å². The highest BCUT2D eigenvalue weighted by Gasteiger charge is 2.30. The summed E-state index contributed by atoms with van der Waals surface area (Å²) in [6, 6.07) is 29.8. The van der Waals surface area contributed by atoms with Gasteiger partial charge in [-0.05, 0) is 41.0 Å². The van der Waals surface area contributed by atoms with E-state index in [0.717, 1.165) is 22.4 Å². The first-order valence-electron chi connectivity index (χ1n) is 11.9. The van der Waals surface area contributed by atoms with E-state index in [4.69, 9.17) is 0 Å². The quantitative estimate of drug-likeness (QED) is 0.357. The number of carbonyl (C=O) groups is 2. The minimum Gasteiger partial charge on any atom is -0.349 e. The average molecular weight is 482 g/mol. The zero-order valence-corrected chi connectivity index (χ0v) is 19.9. The maximum atomic E-state index is 13.7. The molecule has 5 nitrogen and oxygen atoms in total. The molecular formula is C30H28FN3O2. The van der Waals surface area contributed by atoms with Crippen LogP contribution in [0.15, 0.2) is 109 Å². The van der Waals surface area contributed by atoms with E-state index in [1.54, 1.807) is 23.2 Å². The largest absolute Gasteiger partial charge is 0.349 e. The van der Waals surface area contributed by atoms with Crippen molar-refractivity contribution in [1.29, 1.82) is 0 Å². The minimum absolute atomic E-state index is 0.154. The van der Waals surface area contributed by atoms with Crippen molar-refractivity contribution < 1.29 is 14.0 Å². The topological polar surface area (TPSA) is 62.3 Å². The molecule has 3 aromatic carbocycles. The Bertz CT molecular complexity index is 1250. The molecule has 1 N–H and O–H groups in total. The van der Waals surface area contributed by atoms with Crippen LogP contribution in [0.3, 0.4) is 0 Å². The van der Waals surface area contributed by atoms with Crippen molar-refractivity contribution in [3.8, 4) is 0 Å². The first-order chi connectivity index (χ1) is 17.6. The molecule has 0 bridgehead atoms. The van der Waals surface area contributed by atoms with Gasteiger partial charge in [0, 0.05) is 19.2 Å². The normalized spacial score (nSPS) is 11.5. The van der Waals surface area contributed by atoms with Crippen molar-refractivity contribution in [3.05, 3.63) is 138 Å². The fraction of sp³-hybridized carbons (Fsp3) is 0.167. The molecule has 4 rings (SSSR count). The predicted molar refractivity (Wildman–Crippen MR) is 137 cm³/mol. The fourth-order valence-electron chi connectivity index (χ4n) is 4.01. The van der Waals surface area contributed by atoms with Crippen molar-refractivity contribution in [2.24, 2.45) is 0 Å². The lowest BCUT2D eigenvalue weighted by atomic mass is 10.0. The molecule has 0 radical (unpaired) electrons. The number of amides is 2. The second-order valence-electron chi connectivity index (χ2n) is 8.55. The lowest BCUT2D eigenvalue weighted by Crippen LogP contribution is -2.50. The highest BCUT2D eigenvalue weighted by Crippen LogP contribution is 2.17. The zero-order valence-electron chi connectivity index (χ0n) is 19.9. The molecule has 0 aliphatic carbocycles. The molecule has 2 amide bonds. The molecule has 1 atom stereocenters. The van der Waals surface area contributed by atoms with Crippen LogP contribution in [0.25, 0.3) is 0 Å². The van der Waals surface area contributed by atoms with E-state index in [2.05, 4.69) is 10.3 Å². The predicted octanol–water partition coefficient (Wildman–Crippen LogP) is 4.72. The molecule has 36 heavy (non-hydrogen) atoms. The van der Waals surface area contributed by atoms with Crippen LogP contribution >= 0.6 is 0 Å². The summed E-state index contributed by atoms with van der Waals surface area (Å²) in [5.41, 5.74) is 3.27. The molecule has 182 valence electrons. The summed E-state index contributed by atoms with van der Waals surface area (Å²) in [5, 5.41) is 2.96. The van der Waals surface area contributed by atoms with Gasteiger partial charge in [-0.15, -0.1) is 0 Å². The van der Waals surface area contributed by atoms with E-state index in [9.17, 15) is 14.0 Å². The number of pyridine rings is 1. The Balaban J connectivity index is 1.63. The Hall–Kier alpha value is -4.32. The zero-order chi connectivity index (χ0) is 25.2. The maximum Gasteiger partial charge on any atom is 0.243 e. The van der Waals surface area contributed by atoms with Crippen molar-refractivity contribution in [3.63, 3.8) is 0 Å². The second-order valence-corrected chi connectivity index (χ2v) is 8.55. The van der Waals surface area contributed by atoms with Gasteiger partial charge >= 0.3 is 0 Å². The van der Waals surface area contributed by atoms with E-state index in [-0.39, 0.29) is 37.1 Å². The van der Waals surface area contributed by atoms with Gasteiger partial charge in [-0.2, -0.15) is 0 Å². The van der Waals surface area contributed by atoms with E-state index in [1.165, 1.54) is 12.1 Å². The maximum absolute atomic E-state index is 13.7. The number of halogens is 1. The number of carbonyl (C=O) groups excluding carboxylic acids is 2.